The molecule has 2 fully saturated rings. The lowest BCUT2D eigenvalue weighted by Gasteiger charge is -2.37. The molecule has 0 spiro atoms. The maximum Gasteiger partial charge on any atom is 0.192 e. The van der Waals surface area contributed by atoms with E-state index in [4.69, 9.17) is 18.6 Å². The molecule has 9 nitrogen and oxygen atoms in total. The van der Waals surface area contributed by atoms with E-state index >= 15 is 0 Å². The molecule has 2 aliphatic heterocycles. The standard InChI is InChI=1S/C23H33N5O4Si/c1-22(2,3)33(6,7)29-11-16-18-19(32-23(4,5)31-18)21(30-16)28-9-8-14-17(15-10-24-12-25-15)26-13-27-20(14)28/h8-10,12-13,16,18-19,21H,11H2,1-7H3,(H,24,25)/t16-,18-,19-,21-/m1/s1. The van der Waals surface area contributed by atoms with Crippen LogP contribution in [0.5, 0.6) is 0 Å². The van der Waals surface area contributed by atoms with Crippen molar-refractivity contribution in [2.45, 2.75) is 83.1 Å². The Morgan fingerprint density at radius 1 is 1.18 bits per heavy atom. The number of H-pyrrole nitrogens is 1. The van der Waals surface area contributed by atoms with Gasteiger partial charge in [-0.15, -0.1) is 0 Å². The number of rotatable bonds is 5. The molecule has 0 saturated carbocycles. The fourth-order valence-electron chi connectivity index (χ4n) is 4.30. The van der Waals surface area contributed by atoms with Gasteiger partial charge in [-0.2, -0.15) is 0 Å². The Hall–Kier alpha value is -2.11. The third kappa shape index (κ3) is 3.93. The molecule has 3 aromatic rings. The molecule has 4 atom stereocenters. The van der Waals surface area contributed by atoms with Crippen LogP contribution in [0.2, 0.25) is 18.1 Å². The van der Waals surface area contributed by atoms with Gasteiger partial charge in [-0.3, -0.25) is 0 Å². The summed E-state index contributed by atoms with van der Waals surface area (Å²) >= 11 is 0. The lowest BCUT2D eigenvalue weighted by atomic mass is 10.1. The minimum absolute atomic E-state index is 0.118. The number of hydrogen-bond acceptors (Lipinski definition) is 7. The van der Waals surface area contributed by atoms with Crippen LogP contribution in [0.15, 0.2) is 31.1 Å². The second-order valence-electron chi connectivity index (χ2n) is 10.8. The van der Waals surface area contributed by atoms with E-state index in [1.807, 2.05) is 30.7 Å². The summed E-state index contributed by atoms with van der Waals surface area (Å²) in [4.78, 5) is 16.3. The Kier molecular flexibility index (Phi) is 5.29. The van der Waals surface area contributed by atoms with Crippen molar-refractivity contribution in [1.82, 2.24) is 24.5 Å². The predicted molar refractivity (Wildman–Crippen MR) is 126 cm³/mol. The van der Waals surface area contributed by atoms with E-state index in [0.717, 1.165) is 22.4 Å². The van der Waals surface area contributed by atoms with Crippen LogP contribution in [0, 0.1) is 0 Å². The largest absolute Gasteiger partial charge is 0.414 e. The second kappa shape index (κ2) is 7.71. The molecule has 5 rings (SSSR count). The third-order valence-electron chi connectivity index (χ3n) is 7.08. The van der Waals surface area contributed by atoms with Crippen LogP contribution in [-0.2, 0) is 18.6 Å². The molecule has 178 valence electrons. The summed E-state index contributed by atoms with van der Waals surface area (Å²) in [5.74, 6) is -0.689. The highest BCUT2D eigenvalue weighted by molar-refractivity contribution is 6.74. The summed E-state index contributed by atoms with van der Waals surface area (Å²) in [7, 11) is -1.94. The van der Waals surface area contributed by atoms with Crippen molar-refractivity contribution in [3.63, 3.8) is 0 Å². The summed E-state index contributed by atoms with van der Waals surface area (Å²) in [6.45, 7) is 15.6. The van der Waals surface area contributed by atoms with Gasteiger partial charge in [0.1, 0.15) is 36.0 Å². The summed E-state index contributed by atoms with van der Waals surface area (Å²) in [5.41, 5.74) is 2.41. The monoisotopic (exact) mass is 471 g/mol. The zero-order chi connectivity index (χ0) is 23.6. The van der Waals surface area contributed by atoms with E-state index in [0.29, 0.717) is 6.61 Å². The van der Waals surface area contributed by atoms with Crippen molar-refractivity contribution in [2.75, 3.05) is 6.61 Å². The molecule has 10 heteroatoms. The zero-order valence-electron chi connectivity index (χ0n) is 20.3. The third-order valence-corrected chi connectivity index (χ3v) is 11.6. The number of aromatic amines is 1. The van der Waals surface area contributed by atoms with Gasteiger partial charge in [-0.05, 0) is 38.0 Å². The minimum atomic E-state index is -1.94. The van der Waals surface area contributed by atoms with Gasteiger partial charge < -0.3 is 28.2 Å². The second-order valence-corrected chi connectivity index (χ2v) is 15.7. The average Bonchev–Trinajstić information content (AvgIpc) is 3.48. The van der Waals surface area contributed by atoms with E-state index in [1.165, 1.54) is 0 Å². The summed E-state index contributed by atoms with van der Waals surface area (Å²) in [5, 5.41) is 1.04. The fraction of sp³-hybridized carbons (Fsp3) is 0.609. The van der Waals surface area contributed by atoms with Crippen molar-refractivity contribution in [2.24, 2.45) is 0 Å². The topological polar surface area (TPSA) is 96.3 Å². The van der Waals surface area contributed by atoms with Gasteiger partial charge in [0.15, 0.2) is 20.3 Å². The fourth-order valence-corrected chi connectivity index (χ4v) is 5.31. The summed E-state index contributed by atoms with van der Waals surface area (Å²) in [6, 6.07) is 2.00. The molecule has 1 N–H and O–H groups in total. The first-order valence-electron chi connectivity index (χ1n) is 11.4. The number of hydrogen-bond donors (Lipinski definition) is 1. The Bertz CT molecular complexity index is 1140. The Morgan fingerprint density at radius 3 is 2.64 bits per heavy atom. The smallest absolute Gasteiger partial charge is 0.192 e. The van der Waals surface area contributed by atoms with Crippen LogP contribution in [0.25, 0.3) is 22.4 Å². The maximum absolute atomic E-state index is 6.54. The number of imidazole rings is 1. The lowest BCUT2D eigenvalue weighted by Crippen LogP contribution is -2.44. The van der Waals surface area contributed by atoms with Crippen molar-refractivity contribution in [3.05, 3.63) is 31.1 Å². The molecule has 0 aliphatic carbocycles. The summed E-state index contributed by atoms with van der Waals surface area (Å²) in [6.07, 6.45) is 5.84. The van der Waals surface area contributed by atoms with Crippen LogP contribution in [0.4, 0.5) is 0 Å². The lowest BCUT2D eigenvalue weighted by molar-refractivity contribution is -0.199. The number of aromatic nitrogens is 5. The number of nitrogens with zero attached hydrogens (tertiary/aromatic N) is 4. The van der Waals surface area contributed by atoms with Crippen LogP contribution in [0.3, 0.4) is 0 Å². The van der Waals surface area contributed by atoms with Crippen molar-refractivity contribution in [1.29, 1.82) is 0 Å². The van der Waals surface area contributed by atoms with Gasteiger partial charge in [0.2, 0.25) is 0 Å². The van der Waals surface area contributed by atoms with Gasteiger partial charge in [0.05, 0.1) is 24.8 Å². The number of fused-ring (bicyclic) bond motifs is 2. The summed E-state index contributed by atoms with van der Waals surface area (Å²) < 4.78 is 27.7. The molecule has 2 aliphatic rings. The molecule has 33 heavy (non-hydrogen) atoms. The molecule has 2 saturated heterocycles. The van der Waals surface area contributed by atoms with Gasteiger partial charge >= 0.3 is 0 Å². The highest BCUT2D eigenvalue weighted by Crippen LogP contribution is 2.45. The van der Waals surface area contributed by atoms with Crippen LogP contribution >= 0.6 is 0 Å². The van der Waals surface area contributed by atoms with Crippen LogP contribution in [0.1, 0.15) is 40.8 Å². The number of nitrogens with one attached hydrogen (secondary N) is 1. The molecule has 0 amide bonds. The molecule has 0 bridgehead atoms. The number of ether oxygens (including phenoxy) is 3. The molecular weight excluding hydrogens is 438 g/mol. The molecule has 5 heterocycles. The SMILES string of the molecule is CC1(C)O[C@@H]2[C@H](O1)[C@@H](CO[Si](C)(C)C(C)(C)C)O[C@H]2n1ccc2c(-c3cnc[nH]3)ncnc21. The highest BCUT2D eigenvalue weighted by Gasteiger charge is 2.56. The van der Waals surface area contributed by atoms with E-state index in [9.17, 15) is 0 Å². The van der Waals surface area contributed by atoms with E-state index in [2.05, 4.69) is 53.8 Å². The molecule has 3 aromatic heterocycles. The van der Waals surface area contributed by atoms with Crippen molar-refractivity contribution >= 4 is 19.4 Å². The Labute approximate surface area is 195 Å². The average molecular weight is 472 g/mol. The molecule has 0 radical (unpaired) electrons. The molecule has 0 aromatic carbocycles. The first kappa shape index (κ1) is 22.7. The van der Waals surface area contributed by atoms with Crippen molar-refractivity contribution < 1.29 is 18.6 Å². The van der Waals surface area contributed by atoms with Gasteiger partial charge in [-0.25, -0.2) is 15.0 Å². The maximum atomic E-state index is 6.54. The van der Waals surface area contributed by atoms with E-state index in [-0.39, 0.29) is 29.6 Å². The molecule has 0 unspecified atom stereocenters. The quantitative estimate of drug-likeness (QED) is 0.555. The van der Waals surface area contributed by atoms with Crippen molar-refractivity contribution in [3.8, 4) is 11.4 Å². The predicted octanol–water partition coefficient (Wildman–Crippen LogP) is 4.26. The van der Waals surface area contributed by atoms with Crippen LogP contribution < -0.4 is 0 Å². The first-order valence-corrected chi connectivity index (χ1v) is 14.3. The molecular formula is C23H33N5O4Si. The van der Waals surface area contributed by atoms with Gasteiger partial charge in [0.25, 0.3) is 0 Å². The van der Waals surface area contributed by atoms with Gasteiger partial charge in [-0.1, -0.05) is 20.8 Å². The Morgan fingerprint density at radius 2 is 1.94 bits per heavy atom. The highest BCUT2D eigenvalue weighted by atomic mass is 28.4. The first-order chi connectivity index (χ1) is 15.5. The normalized spacial score (nSPS) is 27.4. The Balaban J connectivity index is 1.46. The zero-order valence-corrected chi connectivity index (χ0v) is 21.3. The van der Waals surface area contributed by atoms with E-state index < -0.39 is 14.1 Å². The van der Waals surface area contributed by atoms with E-state index in [1.54, 1.807) is 18.9 Å². The van der Waals surface area contributed by atoms with Crippen LogP contribution in [-0.4, -0.2) is 63.5 Å². The minimum Gasteiger partial charge on any atom is -0.414 e. The van der Waals surface area contributed by atoms with Gasteiger partial charge in [0, 0.05) is 11.6 Å².